The van der Waals surface area contributed by atoms with Gasteiger partial charge in [0.1, 0.15) is 22.6 Å². The monoisotopic (exact) mass is 1430 g/mol. The molecule has 3 aromatic heterocycles. The number of rotatable bonds is 56. The third-order valence-corrected chi connectivity index (χ3v) is 20.3. The van der Waals surface area contributed by atoms with Gasteiger partial charge in [0.2, 0.25) is 0 Å². The van der Waals surface area contributed by atoms with Gasteiger partial charge in [-0.05, 0) is 144 Å². The van der Waals surface area contributed by atoms with Crippen LogP contribution in [0.15, 0.2) is 48.5 Å². The first kappa shape index (κ1) is 82.0. The molecule has 8 bridgehead atoms. The fourth-order valence-corrected chi connectivity index (χ4v) is 13.9. The number of H-pyrrole nitrogens is 2. The lowest BCUT2D eigenvalue weighted by Crippen LogP contribution is -2.04. The van der Waals surface area contributed by atoms with Crippen LogP contribution in [0.25, 0.3) is 89.7 Å². The Bertz CT molecular complexity index is 3360. The number of ether oxygens (including phenoxy) is 8. The maximum Gasteiger partial charge on any atom is 0.164 e. The Labute approximate surface area is 623 Å². The van der Waals surface area contributed by atoms with Crippen LogP contribution < -0.4 is 0 Å². The lowest BCUT2D eigenvalue weighted by Gasteiger charge is -2.14. The van der Waals surface area contributed by atoms with Crippen LogP contribution in [-0.4, -0.2) is 92.7 Å². The summed E-state index contributed by atoms with van der Waals surface area (Å²) in [6.45, 7) is 26.8. The van der Waals surface area contributed by atoms with Crippen molar-refractivity contribution in [2.24, 2.45) is 0 Å². The molecule has 570 valence electrons. The Balaban J connectivity index is 1.34. The lowest BCUT2D eigenvalue weighted by atomic mass is 9.99. The van der Waals surface area contributed by atoms with Gasteiger partial charge in [0.15, 0.2) is 23.3 Å². The Morgan fingerprint density at radius 3 is 0.529 bits per heavy atom. The van der Waals surface area contributed by atoms with Crippen LogP contribution in [0, 0.1) is 0 Å². The maximum absolute atomic E-state index is 6.59. The molecule has 0 radical (unpaired) electrons. The average Bonchev–Trinajstić information content (AvgIpc) is 1.59. The Kier molecular flexibility index (Phi) is 37.0. The van der Waals surface area contributed by atoms with E-state index in [9.17, 15) is 0 Å². The van der Waals surface area contributed by atoms with Crippen LogP contribution in [0.1, 0.15) is 305 Å². The number of hydrogen-bond donors (Lipinski definition) is 2. The normalized spacial score (nSPS) is 12.1. The summed E-state index contributed by atoms with van der Waals surface area (Å²) in [5.74, 6) is 2.11. The van der Waals surface area contributed by atoms with E-state index in [1.807, 2.05) is 0 Å². The first-order valence-electron chi connectivity index (χ1n) is 41.4. The van der Waals surface area contributed by atoms with Gasteiger partial charge >= 0.3 is 0 Å². The summed E-state index contributed by atoms with van der Waals surface area (Å²) in [6.07, 6.45) is 36.0. The number of fused-ring (bicyclic) bond motifs is 20. The highest BCUT2D eigenvalue weighted by atomic mass is 16.5. The molecule has 4 aromatic carbocycles. The highest BCUT2D eigenvalue weighted by molar-refractivity contribution is 6.07. The molecular formula is C88H130N8O8. The van der Waals surface area contributed by atoms with Crippen LogP contribution in [0.5, 0.6) is 0 Å². The Morgan fingerprint density at radius 2 is 0.365 bits per heavy atom. The van der Waals surface area contributed by atoms with Gasteiger partial charge in [0.25, 0.3) is 0 Å². The van der Waals surface area contributed by atoms with Crippen molar-refractivity contribution in [1.82, 2.24) is 39.9 Å². The van der Waals surface area contributed by atoms with Gasteiger partial charge in [-0.25, -0.2) is 29.9 Å². The molecule has 0 spiro atoms. The second-order valence-corrected chi connectivity index (χ2v) is 29.2. The summed E-state index contributed by atoms with van der Waals surface area (Å²) in [5, 5.41) is 3.55. The number of benzene rings is 4. The minimum absolute atomic E-state index is 0.427. The largest absolute Gasteiger partial charge is 0.377 e. The van der Waals surface area contributed by atoms with Crippen molar-refractivity contribution in [2.75, 3.05) is 52.9 Å². The quantitative estimate of drug-likeness (QED) is 0.0343. The van der Waals surface area contributed by atoms with Crippen molar-refractivity contribution in [3.8, 4) is 45.6 Å². The number of aromatic amines is 2. The molecule has 5 heterocycles. The van der Waals surface area contributed by atoms with Crippen LogP contribution in [-0.2, 0) is 90.7 Å². The summed E-state index contributed by atoms with van der Waals surface area (Å²) in [4.78, 5) is 41.6. The van der Waals surface area contributed by atoms with Crippen LogP contribution >= 0.6 is 0 Å². The zero-order valence-electron chi connectivity index (χ0n) is 65.5. The molecule has 0 saturated heterocycles. The van der Waals surface area contributed by atoms with E-state index in [1.54, 1.807) is 0 Å². The molecule has 2 N–H and O–H groups in total. The molecule has 0 unspecified atom stereocenters. The molecule has 16 nitrogen and oxygen atoms in total. The van der Waals surface area contributed by atoms with E-state index in [4.69, 9.17) is 67.8 Å². The molecule has 104 heavy (non-hydrogen) atoms. The second kappa shape index (κ2) is 46.9. The third-order valence-electron chi connectivity index (χ3n) is 20.3. The molecule has 0 fully saturated rings. The maximum atomic E-state index is 6.59. The molecule has 0 aliphatic carbocycles. The minimum Gasteiger partial charge on any atom is -0.377 e. The van der Waals surface area contributed by atoms with Gasteiger partial charge < -0.3 is 47.9 Å². The highest BCUT2D eigenvalue weighted by Crippen LogP contribution is 2.41. The lowest BCUT2D eigenvalue weighted by molar-refractivity contribution is 0.103. The first-order chi connectivity index (χ1) is 51.3. The highest BCUT2D eigenvalue weighted by Gasteiger charge is 2.27. The molecule has 7 aromatic rings. The zero-order valence-corrected chi connectivity index (χ0v) is 65.5. The summed E-state index contributed by atoms with van der Waals surface area (Å²) < 4.78 is 52.7. The predicted octanol–water partition coefficient (Wildman–Crippen LogP) is 23.6. The standard InChI is InChI=1S/C88H130N8O8/c1-9-17-25-33-41-97-57-65-49-73-74(50-66(65)58-98-42-34-26-18-10-2)82-89-81(73)93-83-75-51-67(59-99-43-35-27-19-11-3)68(60-100-44-36-28-20-12-4)52-76(75)85(90-83)95-87-79-55-71(63-103-47-39-31-23-15-7)72(64-104-48-40-32-24-16-8)56-80(79)88(92-87)96-86-78-54-70(62-102-46-38-30-22-14-6)69(53-77(78)84(91-86)94-82)61-101-45-37-29-21-13-5/h49-56H,9-48,57-64H2,1-8H3,(H2,89,90,91,92,93,94,95,96). The minimum atomic E-state index is 0.427. The summed E-state index contributed by atoms with van der Waals surface area (Å²) in [7, 11) is 0. The molecule has 0 atom stereocenters. The van der Waals surface area contributed by atoms with E-state index >= 15 is 0 Å². The fraction of sp³-hybridized carbons (Fsp3) is 0.636. The van der Waals surface area contributed by atoms with E-state index < -0.39 is 0 Å². The fourth-order valence-electron chi connectivity index (χ4n) is 13.9. The molecular weight excluding hydrogens is 1300 g/mol. The molecule has 9 rings (SSSR count). The summed E-state index contributed by atoms with van der Waals surface area (Å²) in [6, 6.07) is 17.9. The predicted molar refractivity (Wildman–Crippen MR) is 426 cm³/mol. The van der Waals surface area contributed by atoms with E-state index in [1.165, 1.54) is 103 Å². The van der Waals surface area contributed by atoms with Crippen molar-refractivity contribution in [1.29, 1.82) is 0 Å². The van der Waals surface area contributed by atoms with Gasteiger partial charge in [-0.1, -0.05) is 209 Å². The van der Waals surface area contributed by atoms with Gasteiger partial charge in [0.05, 0.1) is 52.9 Å². The summed E-state index contributed by atoms with van der Waals surface area (Å²) >= 11 is 0. The second-order valence-electron chi connectivity index (χ2n) is 29.2. The van der Waals surface area contributed by atoms with E-state index in [0.29, 0.717) is 152 Å². The summed E-state index contributed by atoms with van der Waals surface area (Å²) in [5.41, 5.74) is 14.3. The number of aromatic nitrogens is 8. The van der Waals surface area contributed by atoms with Gasteiger partial charge in [-0.3, -0.25) is 0 Å². The first-order valence-corrected chi connectivity index (χ1v) is 41.4. The number of unbranched alkanes of at least 4 members (excludes halogenated alkanes) is 24. The molecule has 16 heteroatoms. The van der Waals surface area contributed by atoms with Crippen molar-refractivity contribution in [3.63, 3.8) is 0 Å². The van der Waals surface area contributed by atoms with Crippen LogP contribution in [0.2, 0.25) is 0 Å². The smallest absolute Gasteiger partial charge is 0.164 e. The van der Waals surface area contributed by atoms with Crippen molar-refractivity contribution in [2.45, 2.75) is 314 Å². The molecule has 2 aliphatic heterocycles. The van der Waals surface area contributed by atoms with Crippen LogP contribution in [0.4, 0.5) is 0 Å². The Hall–Kier alpha value is -6.08. The number of hydrogen-bond acceptors (Lipinski definition) is 14. The molecule has 2 aliphatic rings. The van der Waals surface area contributed by atoms with Crippen LogP contribution in [0.3, 0.4) is 0 Å². The zero-order chi connectivity index (χ0) is 72.8. The molecule has 0 amide bonds. The molecule has 0 saturated carbocycles. The SMILES string of the molecule is CCCCCCOCc1cc2c(cc1COCCCCCC)-c1nc-2nc2[nH]c(nc3nc(nc4[nH]c(n1)c1cc(COCCCCCC)c(COCCCCCC)cc41)-c1cc(COCCCCCC)c(COCCCCCC)cc1-3)c1cc(COCCCCCC)c(COCCCCCC)cc21. The topological polar surface area (TPSA) is 183 Å². The number of nitrogens with one attached hydrogen (secondary N) is 2. The Morgan fingerprint density at radius 1 is 0.202 bits per heavy atom. The average molecular weight is 1430 g/mol. The van der Waals surface area contributed by atoms with Gasteiger partial charge in [0, 0.05) is 96.7 Å². The van der Waals surface area contributed by atoms with E-state index in [2.05, 4.69) is 114 Å². The van der Waals surface area contributed by atoms with Crippen molar-refractivity contribution in [3.05, 3.63) is 93.0 Å². The number of nitrogens with zero attached hydrogens (tertiary/aromatic N) is 6. The van der Waals surface area contributed by atoms with Gasteiger partial charge in [-0.15, -0.1) is 0 Å². The van der Waals surface area contributed by atoms with E-state index in [0.717, 1.165) is 191 Å². The van der Waals surface area contributed by atoms with Crippen molar-refractivity contribution < 1.29 is 37.9 Å². The van der Waals surface area contributed by atoms with Crippen molar-refractivity contribution >= 4 is 44.1 Å². The third kappa shape index (κ3) is 25.0. The van der Waals surface area contributed by atoms with Gasteiger partial charge in [-0.2, -0.15) is 0 Å². The van der Waals surface area contributed by atoms with E-state index in [-0.39, 0.29) is 0 Å².